The molecule has 1 rings (SSSR count). The van der Waals surface area contributed by atoms with E-state index in [1.807, 2.05) is 0 Å². The summed E-state index contributed by atoms with van der Waals surface area (Å²) >= 11 is 2.22. The fraction of sp³-hybridized carbons (Fsp3) is 1.00. The Morgan fingerprint density at radius 3 is 2.29 bits per heavy atom. The SMILES string of the molecule is CCCCC1CCC(SCCC)CC1. The Hall–Kier alpha value is 0.350. The van der Waals surface area contributed by atoms with Crippen LogP contribution in [0, 0.1) is 5.92 Å². The van der Waals surface area contributed by atoms with E-state index in [9.17, 15) is 0 Å². The van der Waals surface area contributed by atoms with E-state index in [-0.39, 0.29) is 0 Å². The third kappa shape index (κ3) is 4.72. The Kier molecular flexibility index (Phi) is 6.76. The van der Waals surface area contributed by atoms with Crippen LogP contribution in [-0.2, 0) is 0 Å². The first kappa shape index (κ1) is 12.4. The average Bonchev–Trinajstić information content (AvgIpc) is 2.25. The topological polar surface area (TPSA) is 0 Å². The zero-order chi connectivity index (χ0) is 10.2. The second-order valence-corrected chi connectivity index (χ2v) is 6.06. The fourth-order valence-corrected chi connectivity index (χ4v) is 3.54. The van der Waals surface area contributed by atoms with Gasteiger partial charge in [0.25, 0.3) is 0 Å². The first-order valence-electron chi connectivity index (χ1n) is 6.48. The lowest BCUT2D eigenvalue weighted by Gasteiger charge is -2.28. The summed E-state index contributed by atoms with van der Waals surface area (Å²) in [5.41, 5.74) is 0. The molecule has 1 heteroatoms. The van der Waals surface area contributed by atoms with Gasteiger partial charge in [0, 0.05) is 5.25 Å². The smallest absolute Gasteiger partial charge is 0.00472 e. The molecular weight excluding hydrogens is 188 g/mol. The van der Waals surface area contributed by atoms with Crippen molar-refractivity contribution in [2.75, 3.05) is 5.75 Å². The van der Waals surface area contributed by atoms with Crippen molar-refractivity contribution >= 4 is 11.8 Å². The molecule has 0 unspecified atom stereocenters. The summed E-state index contributed by atoms with van der Waals surface area (Å²) in [5.74, 6) is 2.46. The van der Waals surface area contributed by atoms with Crippen LogP contribution < -0.4 is 0 Å². The minimum atomic E-state index is 1.01. The second-order valence-electron chi connectivity index (χ2n) is 4.66. The van der Waals surface area contributed by atoms with Gasteiger partial charge >= 0.3 is 0 Å². The Morgan fingerprint density at radius 1 is 1.00 bits per heavy atom. The summed E-state index contributed by atoms with van der Waals surface area (Å²) in [6.07, 6.45) is 11.7. The molecule has 1 saturated carbocycles. The van der Waals surface area contributed by atoms with E-state index in [1.165, 1.54) is 57.1 Å². The highest BCUT2D eigenvalue weighted by molar-refractivity contribution is 7.99. The van der Waals surface area contributed by atoms with Crippen molar-refractivity contribution in [3.05, 3.63) is 0 Å². The average molecular weight is 214 g/mol. The highest BCUT2D eigenvalue weighted by Gasteiger charge is 2.20. The molecule has 0 amide bonds. The van der Waals surface area contributed by atoms with Gasteiger partial charge in [-0.15, -0.1) is 0 Å². The Morgan fingerprint density at radius 2 is 1.71 bits per heavy atom. The molecule has 0 aliphatic heterocycles. The molecule has 14 heavy (non-hydrogen) atoms. The zero-order valence-electron chi connectivity index (χ0n) is 9.93. The van der Waals surface area contributed by atoms with Crippen molar-refractivity contribution in [3.63, 3.8) is 0 Å². The van der Waals surface area contributed by atoms with Crippen molar-refractivity contribution in [3.8, 4) is 0 Å². The molecule has 0 spiro atoms. The van der Waals surface area contributed by atoms with Crippen molar-refractivity contribution in [2.45, 2.75) is 70.5 Å². The third-order valence-corrected chi connectivity index (χ3v) is 4.90. The summed E-state index contributed by atoms with van der Waals surface area (Å²) in [7, 11) is 0. The molecule has 1 aliphatic carbocycles. The molecule has 0 nitrogen and oxygen atoms in total. The lowest BCUT2D eigenvalue weighted by Crippen LogP contribution is -2.16. The van der Waals surface area contributed by atoms with Crippen molar-refractivity contribution in [2.24, 2.45) is 5.92 Å². The number of thioether (sulfide) groups is 1. The minimum absolute atomic E-state index is 1.01. The predicted molar refractivity (Wildman–Crippen MR) is 68.0 cm³/mol. The maximum atomic E-state index is 2.31. The summed E-state index contributed by atoms with van der Waals surface area (Å²) in [6.45, 7) is 4.60. The molecule has 0 atom stereocenters. The number of unbranched alkanes of at least 4 members (excludes halogenated alkanes) is 1. The number of hydrogen-bond donors (Lipinski definition) is 0. The molecule has 0 radical (unpaired) electrons. The largest absolute Gasteiger partial charge is 0.159 e. The number of hydrogen-bond acceptors (Lipinski definition) is 1. The van der Waals surface area contributed by atoms with Crippen LogP contribution in [0.25, 0.3) is 0 Å². The van der Waals surface area contributed by atoms with Crippen LogP contribution in [-0.4, -0.2) is 11.0 Å². The monoisotopic (exact) mass is 214 g/mol. The molecule has 0 bridgehead atoms. The Balaban J connectivity index is 2.05. The van der Waals surface area contributed by atoms with Crippen LogP contribution in [0.15, 0.2) is 0 Å². The van der Waals surface area contributed by atoms with E-state index in [1.54, 1.807) is 0 Å². The van der Waals surface area contributed by atoms with E-state index in [0.717, 1.165) is 11.2 Å². The van der Waals surface area contributed by atoms with Gasteiger partial charge in [0.2, 0.25) is 0 Å². The van der Waals surface area contributed by atoms with E-state index in [0.29, 0.717) is 0 Å². The van der Waals surface area contributed by atoms with Gasteiger partial charge in [-0.2, -0.15) is 11.8 Å². The summed E-state index contributed by atoms with van der Waals surface area (Å²) in [6, 6.07) is 0. The maximum absolute atomic E-state index is 2.31. The quantitative estimate of drug-likeness (QED) is 0.607. The molecule has 0 aromatic heterocycles. The molecule has 0 heterocycles. The Bertz CT molecular complexity index is 109. The third-order valence-electron chi connectivity index (χ3n) is 3.32. The van der Waals surface area contributed by atoms with Gasteiger partial charge in [0.15, 0.2) is 0 Å². The number of rotatable bonds is 6. The molecule has 84 valence electrons. The van der Waals surface area contributed by atoms with Gasteiger partial charge in [0.1, 0.15) is 0 Å². The van der Waals surface area contributed by atoms with Crippen LogP contribution in [0.4, 0.5) is 0 Å². The lowest BCUT2D eigenvalue weighted by molar-refractivity contribution is 0.337. The van der Waals surface area contributed by atoms with E-state index in [2.05, 4.69) is 25.6 Å². The highest BCUT2D eigenvalue weighted by atomic mass is 32.2. The molecule has 0 aromatic rings. The van der Waals surface area contributed by atoms with Crippen molar-refractivity contribution in [1.82, 2.24) is 0 Å². The molecular formula is C13H26S. The first-order chi connectivity index (χ1) is 6.86. The molecule has 1 fully saturated rings. The van der Waals surface area contributed by atoms with Gasteiger partial charge in [-0.1, -0.05) is 33.1 Å². The van der Waals surface area contributed by atoms with E-state index in [4.69, 9.17) is 0 Å². The fourth-order valence-electron chi connectivity index (χ4n) is 2.36. The van der Waals surface area contributed by atoms with Gasteiger partial charge in [-0.3, -0.25) is 0 Å². The Labute approximate surface area is 94.2 Å². The normalized spacial score (nSPS) is 27.9. The van der Waals surface area contributed by atoms with E-state index < -0.39 is 0 Å². The summed E-state index contributed by atoms with van der Waals surface area (Å²) in [5, 5.41) is 1.01. The van der Waals surface area contributed by atoms with Gasteiger partial charge in [0.05, 0.1) is 0 Å². The van der Waals surface area contributed by atoms with Crippen molar-refractivity contribution in [1.29, 1.82) is 0 Å². The second kappa shape index (κ2) is 7.62. The van der Waals surface area contributed by atoms with Crippen LogP contribution in [0.2, 0.25) is 0 Å². The molecule has 0 N–H and O–H groups in total. The first-order valence-corrected chi connectivity index (χ1v) is 7.53. The van der Waals surface area contributed by atoms with Gasteiger partial charge in [-0.05, 0) is 43.8 Å². The lowest BCUT2D eigenvalue weighted by atomic mass is 9.85. The summed E-state index contributed by atoms with van der Waals surface area (Å²) in [4.78, 5) is 0. The van der Waals surface area contributed by atoms with E-state index >= 15 is 0 Å². The predicted octanol–water partition coefficient (Wildman–Crippen LogP) is 4.88. The van der Waals surface area contributed by atoms with Crippen LogP contribution in [0.1, 0.15) is 65.2 Å². The molecule has 1 aliphatic rings. The van der Waals surface area contributed by atoms with Crippen molar-refractivity contribution < 1.29 is 0 Å². The standard InChI is InChI=1S/C13H26S/c1-3-5-6-12-7-9-13(10-8-12)14-11-4-2/h12-13H,3-11H2,1-2H3. The highest BCUT2D eigenvalue weighted by Crippen LogP contribution is 2.34. The minimum Gasteiger partial charge on any atom is -0.159 e. The molecule has 0 aromatic carbocycles. The maximum Gasteiger partial charge on any atom is 0.00472 e. The van der Waals surface area contributed by atoms with Crippen LogP contribution in [0.5, 0.6) is 0 Å². The van der Waals surface area contributed by atoms with Crippen LogP contribution >= 0.6 is 11.8 Å². The summed E-state index contributed by atoms with van der Waals surface area (Å²) < 4.78 is 0. The van der Waals surface area contributed by atoms with Gasteiger partial charge < -0.3 is 0 Å². The molecule has 0 saturated heterocycles. The zero-order valence-corrected chi connectivity index (χ0v) is 10.7. The van der Waals surface area contributed by atoms with Crippen LogP contribution in [0.3, 0.4) is 0 Å². The van der Waals surface area contributed by atoms with Gasteiger partial charge in [-0.25, -0.2) is 0 Å².